The number of para-hydroxylation sites is 1. The van der Waals surface area contributed by atoms with Crippen LogP contribution in [-0.2, 0) is 23.0 Å². The average molecular weight is 356 g/mol. The molecule has 0 aliphatic carbocycles. The summed E-state index contributed by atoms with van der Waals surface area (Å²) in [6, 6.07) is 8.23. The van der Waals surface area contributed by atoms with E-state index >= 15 is 0 Å². The number of thiazole rings is 1. The van der Waals surface area contributed by atoms with Crippen LogP contribution in [0.1, 0.15) is 23.9 Å². The van der Waals surface area contributed by atoms with Gasteiger partial charge in [-0.05, 0) is 19.9 Å². The van der Waals surface area contributed by atoms with Crippen LogP contribution < -0.4 is 5.43 Å². The maximum atomic E-state index is 11.5. The molecule has 1 aromatic carbocycles. The van der Waals surface area contributed by atoms with Crippen molar-refractivity contribution in [1.29, 1.82) is 0 Å². The van der Waals surface area contributed by atoms with Crippen molar-refractivity contribution < 1.29 is 9.53 Å². The summed E-state index contributed by atoms with van der Waals surface area (Å²) in [6.07, 6.45) is 1.99. The molecule has 0 bridgehead atoms. The van der Waals surface area contributed by atoms with E-state index in [1.165, 1.54) is 16.9 Å². The lowest BCUT2D eigenvalue weighted by molar-refractivity contribution is -0.142. The molecule has 0 spiro atoms. The molecular weight excluding hydrogens is 336 g/mol. The third-order valence-electron chi connectivity index (χ3n) is 3.98. The molecule has 2 aromatic heterocycles. The highest BCUT2D eigenvalue weighted by molar-refractivity contribution is 7.13. The van der Waals surface area contributed by atoms with Crippen LogP contribution >= 0.6 is 11.3 Å². The maximum absolute atomic E-state index is 11.5. The predicted molar refractivity (Wildman–Crippen MR) is 101 cm³/mol. The zero-order valence-corrected chi connectivity index (χ0v) is 15.3. The van der Waals surface area contributed by atoms with Gasteiger partial charge in [0.05, 0.1) is 24.9 Å². The Labute approximate surface area is 150 Å². The minimum atomic E-state index is -0.269. The summed E-state index contributed by atoms with van der Waals surface area (Å²) in [5.74, 6) is -0.269. The summed E-state index contributed by atoms with van der Waals surface area (Å²) in [4.78, 5) is 15.8. The maximum Gasteiger partial charge on any atom is 0.311 e. The summed E-state index contributed by atoms with van der Waals surface area (Å²) in [5, 5.41) is 7.95. The smallest absolute Gasteiger partial charge is 0.311 e. The molecule has 0 radical (unpaired) electrons. The molecule has 0 amide bonds. The van der Waals surface area contributed by atoms with Gasteiger partial charge in [-0.2, -0.15) is 5.10 Å². The molecule has 3 rings (SSSR count). The van der Waals surface area contributed by atoms with Crippen molar-refractivity contribution in [2.24, 2.45) is 12.1 Å². The van der Waals surface area contributed by atoms with Crippen molar-refractivity contribution in [2.75, 3.05) is 12.0 Å². The lowest BCUT2D eigenvalue weighted by Gasteiger charge is -1.98. The lowest BCUT2D eigenvalue weighted by Crippen LogP contribution is -2.07. The number of benzene rings is 1. The van der Waals surface area contributed by atoms with Crippen molar-refractivity contribution in [3.05, 3.63) is 46.6 Å². The molecule has 0 unspecified atom stereocenters. The molecule has 2 heterocycles. The van der Waals surface area contributed by atoms with Gasteiger partial charge in [-0.3, -0.25) is 10.2 Å². The van der Waals surface area contributed by atoms with E-state index in [0.29, 0.717) is 17.4 Å². The van der Waals surface area contributed by atoms with E-state index in [9.17, 15) is 4.79 Å². The fourth-order valence-corrected chi connectivity index (χ4v) is 3.32. The lowest BCUT2D eigenvalue weighted by atomic mass is 10.1. The first kappa shape index (κ1) is 17.2. The number of hydrogen-bond acceptors (Lipinski definition) is 6. The van der Waals surface area contributed by atoms with E-state index in [2.05, 4.69) is 39.1 Å². The van der Waals surface area contributed by atoms with Crippen LogP contribution in [0, 0.1) is 6.92 Å². The fourth-order valence-electron chi connectivity index (χ4n) is 2.66. The Morgan fingerprint density at radius 2 is 2.24 bits per heavy atom. The summed E-state index contributed by atoms with van der Waals surface area (Å²) >= 11 is 1.41. The quantitative estimate of drug-likeness (QED) is 0.417. The van der Waals surface area contributed by atoms with Crippen LogP contribution in [0.3, 0.4) is 0 Å². The molecule has 0 aliphatic heterocycles. The van der Waals surface area contributed by atoms with Gasteiger partial charge in [-0.1, -0.05) is 18.2 Å². The van der Waals surface area contributed by atoms with Gasteiger partial charge in [0.25, 0.3) is 0 Å². The summed E-state index contributed by atoms with van der Waals surface area (Å²) in [6.45, 7) is 4.24. The standard InChI is InChI=1S/C18H20N4O2S/c1-4-24-17(23)9-13-11-25-18(20-13)21-19-10-15-12(2)22(3)16-8-6-5-7-14(15)16/h5-8,10-11H,4,9H2,1-3H3,(H,20,21)/b19-10-. The molecule has 0 atom stereocenters. The number of fused-ring (bicyclic) bond motifs is 1. The molecule has 25 heavy (non-hydrogen) atoms. The van der Waals surface area contributed by atoms with Crippen LogP contribution in [-0.4, -0.2) is 28.3 Å². The van der Waals surface area contributed by atoms with Crippen molar-refractivity contribution in [3.63, 3.8) is 0 Å². The summed E-state index contributed by atoms with van der Waals surface area (Å²) < 4.78 is 7.07. The number of aryl methyl sites for hydroxylation is 1. The molecule has 0 fully saturated rings. The Morgan fingerprint density at radius 3 is 3.04 bits per heavy atom. The normalized spacial score (nSPS) is 11.3. The minimum Gasteiger partial charge on any atom is -0.466 e. The van der Waals surface area contributed by atoms with Gasteiger partial charge in [0, 0.05) is 34.6 Å². The number of esters is 1. The number of anilines is 1. The van der Waals surface area contributed by atoms with Gasteiger partial charge < -0.3 is 9.30 Å². The van der Waals surface area contributed by atoms with Gasteiger partial charge in [0.15, 0.2) is 0 Å². The second-order valence-electron chi connectivity index (χ2n) is 5.57. The van der Waals surface area contributed by atoms with Crippen molar-refractivity contribution in [3.8, 4) is 0 Å². The molecule has 7 heteroatoms. The highest BCUT2D eigenvalue weighted by Crippen LogP contribution is 2.23. The topological polar surface area (TPSA) is 68.5 Å². The number of rotatable bonds is 6. The number of ether oxygens (including phenoxy) is 1. The Morgan fingerprint density at radius 1 is 1.44 bits per heavy atom. The van der Waals surface area contributed by atoms with Crippen LogP contribution in [0.25, 0.3) is 10.9 Å². The largest absolute Gasteiger partial charge is 0.466 e. The van der Waals surface area contributed by atoms with E-state index < -0.39 is 0 Å². The molecule has 1 N–H and O–H groups in total. The zero-order valence-electron chi connectivity index (χ0n) is 14.4. The monoisotopic (exact) mass is 356 g/mol. The third-order valence-corrected chi connectivity index (χ3v) is 4.78. The molecule has 6 nitrogen and oxygen atoms in total. The van der Waals surface area contributed by atoms with Crippen molar-refractivity contribution in [1.82, 2.24) is 9.55 Å². The first-order valence-electron chi connectivity index (χ1n) is 8.03. The van der Waals surface area contributed by atoms with Crippen LogP contribution in [0.15, 0.2) is 34.7 Å². The number of hydrazone groups is 1. The average Bonchev–Trinajstić information content (AvgIpc) is 3.13. The van der Waals surface area contributed by atoms with E-state index in [-0.39, 0.29) is 12.4 Å². The van der Waals surface area contributed by atoms with Gasteiger partial charge in [0.2, 0.25) is 5.13 Å². The molecular formula is C18H20N4O2S. The van der Waals surface area contributed by atoms with Gasteiger partial charge in [-0.15, -0.1) is 11.3 Å². The number of hydrogen-bond donors (Lipinski definition) is 1. The Kier molecular flexibility index (Phi) is 5.14. The second kappa shape index (κ2) is 7.48. The number of carbonyl (C=O) groups excluding carboxylic acids is 1. The SMILES string of the molecule is CCOC(=O)Cc1csc(N/N=C\c2c(C)n(C)c3ccccc23)n1. The third kappa shape index (κ3) is 3.71. The first-order chi connectivity index (χ1) is 12.1. The molecule has 130 valence electrons. The van der Waals surface area contributed by atoms with Crippen molar-refractivity contribution in [2.45, 2.75) is 20.3 Å². The number of nitrogens with one attached hydrogen (secondary N) is 1. The number of carbonyl (C=O) groups is 1. The first-order valence-corrected chi connectivity index (χ1v) is 8.91. The Balaban J connectivity index is 1.71. The minimum absolute atomic E-state index is 0.179. The van der Waals surface area contributed by atoms with Crippen LogP contribution in [0.5, 0.6) is 0 Å². The van der Waals surface area contributed by atoms with E-state index in [0.717, 1.165) is 16.6 Å². The van der Waals surface area contributed by atoms with Gasteiger partial charge in [-0.25, -0.2) is 4.98 Å². The van der Waals surface area contributed by atoms with Crippen LogP contribution in [0.2, 0.25) is 0 Å². The number of aromatic nitrogens is 2. The number of nitrogens with zero attached hydrogens (tertiary/aromatic N) is 3. The fraction of sp³-hybridized carbons (Fsp3) is 0.278. The van der Waals surface area contributed by atoms with E-state index in [1.54, 1.807) is 6.92 Å². The second-order valence-corrected chi connectivity index (χ2v) is 6.43. The van der Waals surface area contributed by atoms with Crippen molar-refractivity contribution >= 4 is 39.6 Å². The van der Waals surface area contributed by atoms with Gasteiger partial charge in [0.1, 0.15) is 0 Å². The Hall–Kier alpha value is -2.67. The van der Waals surface area contributed by atoms with Gasteiger partial charge >= 0.3 is 5.97 Å². The predicted octanol–water partition coefficient (Wildman–Crippen LogP) is 3.49. The van der Waals surface area contributed by atoms with E-state index in [4.69, 9.17) is 4.74 Å². The Bertz CT molecular complexity index is 926. The highest BCUT2D eigenvalue weighted by atomic mass is 32.1. The molecule has 0 saturated carbocycles. The summed E-state index contributed by atoms with van der Waals surface area (Å²) in [7, 11) is 2.05. The molecule has 3 aromatic rings. The van der Waals surface area contributed by atoms with Crippen LogP contribution in [0.4, 0.5) is 5.13 Å². The van der Waals surface area contributed by atoms with E-state index in [1.807, 2.05) is 30.8 Å². The summed E-state index contributed by atoms with van der Waals surface area (Å²) in [5.41, 5.74) is 7.02. The molecule has 0 saturated heterocycles. The highest BCUT2D eigenvalue weighted by Gasteiger charge is 2.10. The molecule has 0 aliphatic rings. The zero-order chi connectivity index (χ0) is 17.8.